The van der Waals surface area contributed by atoms with Gasteiger partial charge in [-0.3, -0.25) is 0 Å². The minimum Gasteiger partial charge on any atom is -0.176 e. The third kappa shape index (κ3) is 4.05. The van der Waals surface area contributed by atoms with Crippen LogP contribution in [0.25, 0.3) is 0 Å². The molecule has 66 valence electrons. The fourth-order valence-electron chi connectivity index (χ4n) is 1.93. The van der Waals surface area contributed by atoms with E-state index in [0.717, 1.165) is 5.92 Å². The molecular weight excluding hydrogens is 152 g/mol. The van der Waals surface area contributed by atoms with Crippen LogP contribution in [0.4, 0.5) is 0 Å². The van der Waals surface area contributed by atoms with Gasteiger partial charge in [0.25, 0.3) is 0 Å². The molecule has 0 aliphatic heterocycles. The molecule has 1 aliphatic rings. The van der Waals surface area contributed by atoms with E-state index < -0.39 is 0 Å². The van der Waals surface area contributed by atoms with Crippen LogP contribution in [0.15, 0.2) is 0 Å². The lowest BCUT2D eigenvalue weighted by Gasteiger charge is -2.13. The van der Waals surface area contributed by atoms with Gasteiger partial charge in [0.2, 0.25) is 0 Å². The fraction of sp³-hybridized carbons (Fsp3) is 1.00. The Hall–Kier alpha value is 0.350. The second-order valence-corrected chi connectivity index (χ2v) is 4.72. The van der Waals surface area contributed by atoms with Crippen molar-refractivity contribution in [2.24, 2.45) is 5.92 Å². The summed E-state index contributed by atoms with van der Waals surface area (Å²) in [5, 5.41) is 0.683. The molecule has 0 heterocycles. The quantitative estimate of drug-likeness (QED) is 0.530. The van der Waals surface area contributed by atoms with Gasteiger partial charge >= 0.3 is 0 Å². The zero-order chi connectivity index (χ0) is 8.10. The molecule has 0 bridgehead atoms. The highest BCUT2D eigenvalue weighted by molar-refractivity contribution is 7.80. The van der Waals surface area contributed by atoms with E-state index in [4.69, 9.17) is 0 Å². The van der Waals surface area contributed by atoms with Gasteiger partial charge in [-0.1, -0.05) is 39.0 Å². The summed E-state index contributed by atoms with van der Waals surface area (Å²) in [5.41, 5.74) is 0. The van der Waals surface area contributed by atoms with Gasteiger partial charge in [0.15, 0.2) is 0 Å². The minimum absolute atomic E-state index is 0.683. The Bertz CT molecular complexity index is 89.0. The highest BCUT2D eigenvalue weighted by Crippen LogP contribution is 2.24. The van der Waals surface area contributed by atoms with Gasteiger partial charge in [-0.25, -0.2) is 0 Å². The Morgan fingerprint density at radius 2 is 1.64 bits per heavy atom. The molecule has 0 aromatic heterocycles. The molecule has 0 amide bonds. The third-order valence-corrected chi connectivity index (χ3v) is 3.13. The molecule has 2 unspecified atom stereocenters. The molecule has 1 aliphatic carbocycles. The Kier molecular flexibility index (Phi) is 4.36. The summed E-state index contributed by atoms with van der Waals surface area (Å²) in [6, 6.07) is 0. The molecule has 0 saturated heterocycles. The van der Waals surface area contributed by atoms with Crippen molar-refractivity contribution in [1.29, 1.82) is 0 Å². The van der Waals surface area contributed by atoms with Gasteiger partial charge in [-0.2, -0.15) is 12.6 Å². The minimum atomic E-state index is 0.683. The maximum absolute atomic E-state index is 4.59. The number of thiol groups is 1. The molecule has 1 heteroatoms. The molecule has 0 aromatic rings. The summed E-state index contributed by atoms with van der Waals surface area (Å²) in [5.74, 6) is 0.913. The second kappa shape index (κ2) is 5.08. The summed E-state index contributed by atoms with van der Waals surface area (Å²) in [4.78, 5) is 0. The summed E-state index contributed by atoms with van der Waals surface area (Å²) < 4.78 is 0. The normalized spacial score (nSPS) is 35.5. The van der Waals surface area contributed by atoms with Crippen LogP contribution in [0.1, 0.15) is 51.9 Å². The lowest BCUT2D eigenvalue weighted by atomic mass is 9.99. The van der Waals surface area contributed by atoms with E-state index >= 15 is 0 Å². The van der Waals surface area contributed by atoms with E-state index in [1.54, 1.807) is 0 Å². The van der Waals surface area contributed by atoms with E-state index in [9.17, 15) is 0 Å². The lowest BCUT2D eigenvalue weighted by molar-refractivity contribution is 0.471. The molecule has 11 heavy (non-hydrogen) atoms. The van der Waals surface area contributed by atoms with Gasteiger partial charge in [0, 0.05) is 5.25 Å². The first-order chi connectivity index (χ1) is 5.29. The average molecular weight is 172 g/mol. The summed E-state index contributed by atoms with van der Waals surface area (Å²) in [6.07, 6.45) is 9.84. The molecule has 2 atom stereocenters. The number of rotatable bonds is 0. The fourth-order valence-corrected chi connectivity index (χ4v) is 2.47. The van der Waals surface area contributed by atoms with Crippen molar-refractivity contribution in [2.45, 2.75) is 57.1 Å². The molecule has 0 N–H and O–H groups in total. The Morgan fingerprint density at radius 1 is 1.00 bits per heavy atom. The molecule has 1 fully saturated rings. The topological polar surface area (TPSA) is 0 Å². The first kappa shape index (κ1) is 9.44. The molecule has 1 saturated carbocycles. The van der Waals surface area contributed by atoms with Gasteiger partial charge in [-0.15, -0.1) is 0 Å². The van der Waals surface area contributed by atoms with Gasteiger partial charge in [0.05, 0.1) is 0 Å². The van der Waals surface area contributed by atoms with E-state index in [0.29, 0.717) is 5.25 Å². The predicted molar refractivity (Wildman–Crippen MR) is 54.3 cm³/mol. The summed E-state index contributed by atoms with van der Waals surface area (Å²) in [7, 11) is 0. The molecule has 0 nitrogen and oxygen atoms in total. The Morgan fingerprint density at radius 3 is 2.36 bits per heavy atom. The van der Waals surface area contributed by atoms with Crippen molar-refractivity contribution in [3.63, 3.8) is 0 Å². The predicted octanol–water partition coefficient (Wildman–Crippen LogP) is 3.67. The standard InChI is InChI=1S/C10H20S/c1-9-6-4-2-3-5-7-10(11)8-9/h9-11H,2-8H2,1H3. The number of hydrogen-bond acceptors (Lipinski definition) is 1. The van der Waals surface area contributed by atoms with Gasteiger partial charge in [-0.05, 0) is 18.8 Å². The van der Waals surface area contributed by atoms with Crippen LogP contribution in [0, 0.1) is 5.92 Å². The SMILES string of the molecule is CC1CCCCCCC(S)C1. The molecule has 0 spiro atoms. The highest BCUT2D eigenvalue weighted by Gasteiger charge is 2.11. The average Bonchev–Trinajstić information content (AvgIpc) is 2.02. The Labute approximate surface area is 76.2 Å². The van der Waals surface area contributed by atoms with E-state index in [1.807, 2.05) is 0 Å². The van der Waals surface area contributed by atoms with Crippen molar-refractivity contribution in [3.8, 4) is 0 Å². The van der Waals surface area contributed by atoms with E-state index in [2.05, 4.69) is 19.6 Å². The number of hydrogen-bond donors (Lipinski definition) is 1. The van der Waals surface area contributed by atoms with Gasteiger partial charge in [0.1, 0.15) is 0 Å². The molecular formula is C10H20S. The first-order valence-corrected chi connectivity index (χ1v) is 5.48. The third-order valence-electron chi connectivity index (χ3n) is 2.66. The van der Waals surface area contributed by atoms with Crippen LogP contribution in [0.5, 0.6) is 0 Å². The maximum atomic E-state index is 4.59. The largest absolute Gasteiger partial charge is 0.176 e. The summed E-state index contributed by atoms with van der Waals surface area (Å²) >= 11 is 4.59. The van der Waals surface area contributed by atoms with Crippen molar-refractivity contribution in [2.75, 3.05) is 0 Å². The van der Waals surface area contributed by atoms with Crippen molar-refractivity contribution in [3.05, 3.63) is 0 Å². The van der Waals surface area contributed by atoms with Crippen LogP contribution in [0.2, 0.25) is 0 Å². The van der Waals surface area contributed by atoms with E-state index in [-0.39, 0.29) is 0 Å². The van der Waals surface area contributed by atoms with Crippen molar-refractivity contribution >= 4 is 12.6 Å². The lowest BCUT2D eigenvalue weighted by Crippen LogP contribution is -2.04. The van der Waals surface area contributed by atoms with Crippen LogP contribution < -0.4 is 0 Å². The van der Waals surface area contributed by atoms with Crippen LogP contribution in [-0.2, 0) is 0 Å². The zero-order valence-electron chi connectivity index (χ0n) is 7.55. The van der Waals surface area contributed by atoms with Crippen molar-refractivity contribution in [1.82, 2.24) is 0 Å². The van der Waals surface area contributed by atoms with Crippen LogP contribution in [0.3, 0.4) is 0 Å². The molecule has 1 rings (SSSR count). The first-order valence-electron chi connectivity index (χ1n) is 4.97. The monoisotopic (exact) mass is 172 g/mol. The second-order valence-electron chi connectivity index (χ2n) is 3.99. The summed E-state index contributed by atoms with van der Waals surface area (Å²) in [6.45, 7) is 2.37. The highest BCUT2D eigenvalue weighted by atomic mass is 32.1. The van der Waals surface area contributed by atoms with Gasteiger partial charge < -0.3 is 0 Å². The van der Waals surface area contributed by atoms with Crippen molar-refractivity contribution < 1.29 is 0 Å². The maximum Gasteiger partial charge on any atom is 0.00193 e. The van der Waals surface area contributed by atoms with Crippen LogP contribution >= 0.6 is 12.6 Å². The molecule has 0 radical (unpaired) electrons. The van der Waals surface area contributed by atoms with E-state index in [1.165, 1.54) is 44.9 Å². The zero-order valence-corrected chi connectivity index (χ0v) is 8.45. The smallest absolute Gasteiger partial charge is 0.00193 e. The van der Waals surface area contributed by atoms with Crippen LogP contribution in [-0.4, -0.2) is 5.25 Å². The molecule has 0 aromatic carbocycles. The Balaban J connectivity index is 2.27.